The van der Waals surface area contributed by atoms with Gasteiger partial charge in [0, 0.05) is 34.7 Å². The Balaban J connectivity index is 1.90. The molecule has 0 unspecified atom stereocenters. The van der Waals surface area contributed by atoms with Crippen molar-refractivity contribution >= 4 is 26.8 Å². The smallest absolute Gasteiger partial charge is 0.0645 e. The lowest BCUT2D eigenvalue weighted by atomic mass is 10.1. The van der Waals surface area contributed by atoms with Crippen molar-refractivity contribution in [2.24, 2.45) is 5.92 Å². The molecule has 0 amide bonds. The summed E-state index contributed by atoms with van der Waals surface area (Å²) in [5.41, 5.74) is 1.26. The molecule has 18 heavy (non-hydrogen) atoms. The minimum absolute atomic E-state index is 0.716. The number of benzene rings is 1. The highest BCUT2D eigenvalue weighted by Gasteiger charge is 2.03. The Labute approximate surface area is 117 Å². The molecule has 0 bridgehead atoms. The second-order valence-corrected chi connectivity index (χ2v) is 5.83. The summed E-state index contributed by atoms with van der Waals surface area (Å²) < 4.78 is 9.06. The van der Waals surface area contributed by atoms with Crippen LogP contribution in [0.5, 0.6) is 0 Å². The Kier molecular flexibility index (Phi) is 4.84. The molecule has 2 nitrogen and oxygen atoms in total. The highest BCUT2D eigenvalue weighted by atomic mass is 79.9. The van der Waals surface area contributed by atoms with E-state index in [1.807, 2.05) is 0 Å². The molecular formula is C15H20BrNO. The Bertz CT molecular complexity index is 504. The van der Waals surface area contributed by atoms with Crippen molar-refractivity contribution in [3.8, 4) is 0 Å². The lowest BCUT2D eigenvalue weighted by molar-refractivity contribution is 0.117. The van der Waals surface area contributed by atoms with Crippen LogP contribution in [0.15, 0.2) is 34.9 Å². The van der Waals surface area contributed by atoms with Crippen LogP contribution >= 0.6 is 15.9 Å². The third-order valence-electron chi connectivity index (χ3n) is 3.08. The van der Waals surface area contributed by atoms with E-state index < -0.39 is 0 Å². The molecule has 0 atom stereocenters. The molecule has 0 radical (unpaired) electrons. The monoisotopic (exact) mass is 309 g/mol. The number of rotatable bonds is 6. The van der Waals surface area contributed by atoms with Gasteiger partial charge in [-0.2, -0.15) is 0 Å². The minimum atomic E-state index is 0.716. The van der Waals surface area contributed by atoms with Gasteiger partial charge in [-0.15, -0.1) is 0 Å². The summed E-state index contributed by atoms with van der Waals surface area (Å²) in [5.74, 6) is 0.716. The Hall–Kier alpha value is -0.800. The van der Waals surface area contributed by atoms with Crippen molar-refractivity contribution in [1.29, 1.82) is 0 Å². The van der Waals surface area contributed by atoms with E-state index in [9.17, 15) is 0 Å². The minimum Gasteiger partial charge on any atom is -0.380 e. The van der Waals surface area contributed by atoms with Crippen LogP contribution in [0.1, 0.15) is 20.3 Å². The van der Waals surface area contributed by atoms with Gasteiger partial charge in [-0.05, 0) is 30.5 Å². The predicted molar refractivity (Wildman–Crippen MR) is 79.9 cm³/mol. The first-order chi connectivity index (χ1) is 8.68. The van der Waals surface area contributed by atoms with Crippen molar-refractivity contribution in [2.75, 3.05) is 13.2 Å². The number of hydrogen-bond donors (Lipinski definition) is 0. The van der Waals surface area contributed by atoms with E-state index in [0.717, 1.165) is 30.7 Å². The molecule has 0 fully saturated rings. The van der Waals surface area contributed by atoms with Crippen LogP contribution in [0.25, 0.3) is 10.9 Å². The molecule has 0 aliphatic rings. The van der Waals surface area contributed by atoms with Gasteiger partial charge in [-0.3, -0.25) is 0 Å². The highest BCUT2D eigenvalue weighted by molar-refractivity contribution is 9.10. The van der Waals surface area contributed by atoms with E-state index in [4.69, 9.17) is 4.74 Å². The van der Waals surface area contributed by atoms with Crippen molar-refractivity contribution < 1.29 is 4.74 Å². The fraction of sp³-hybridized carbons (Fsp3) is 0.467. The first-order valence-corrected chi connectivity index (χ1v) is 7.29. The van der Waals surface area contributed by atoms with Gasteiger partial charge in [0.25, 0.3) is 0 Å². The van der Waals surface area contributed by atoms with E-state index in [1.54, 1.807) is 0 Å². The fourth-order valence-corrected chi connectivity index (χ4v) is 2.45. The molecule has 0 spiro atoms. The fourth-order valence-electron chi connectivity index (χ4n) is 1.96. The summed E-state index contributed by atoms with van der Waals surface area (Å²) in [5, 5.41) is 1.26. The molecular weight excluding hydrogens is 290 g/mol. The first-order valence-electron chi connectivity index (χ1n) is 6.49. The quantitative estimate of drug-likeness (QED) is 0.718. The van der Waals surface area contributed by atoms with Crippen LogP contribution in [-0.4, -0.2) is 17.8 Å². The molecule has 0 aliphatic carbocycles. The zero-order valence-electron chi connectivity index (χ0n) is 11.0. The summed E-state index contributed by atoms with van der Waals surface area (Å²) in [6.07, 6.45) is 3.26. The van der Waals surface area contributed by atoms with Gasteiger partial charge < -0.3 is 9.30 Å². The van der Waals surface area contributed by atoms with Crippen molar-refractivity contribution in [3.05, 3.63) is 34.9 Å². The second-order valence-electron chi connectivity index (χ2n) is 4.98. The van der Waals surface area contributed by atoms with Gasteiger partial charge in [0.1, 0.15) is 0 Å². The molecule has 98 valence electrons. The molecule has 3 heteroatoms. The van der Waals surface area contributed by atoms with Crippen molar-refractivity contribution in [2.45, 2.75) is 26.8 Å². The average molecular weight is 310 g/mol. The maximum absolute atomic E-state index is 5.66. The van der Waals surface area contributed by atoms with Gasteiger partial charge in [-0.1, -0.05) is 35.8 Å². The maximum Gasteiger partial charge on any atom is 0.0645 e. The van der Waals surface area contributed by atoms with Gasteiger partial charge in [0.2, 0.25) is 0 Å². The van der Waals surface area contributed by atoms with Crippen molar-refractivity contribution in [1.82, 2.24) is 4.57 Å². The van der Waals surface area contributed by atoms with E-state index >= 15 is 0 Å². The number of nitrogens with zero attached hydrogens (tertiary/aromatic N) is 1. The number of halogens is 1. The van der Waals surface area contributed by atoms with Crippen LogP contribution in [0.3, 0.4) is 0 Å². The Morgan fingerprint density at radius 1 is 1.22 bits per heavy atom. The van der Waals surface area contributed by atoms with E-state index in [2.05, 4.69) is 64.8 Å². The van der Waals surface area contributed by atoms with E-state index in [-0.39, 0.29) is 0 Å². The second kappa shape index (κ2) is 6.39. The molecule has 1 heterocycles. The lowest BCUT2D eigenvalue weighted by Gasteiger charge is -2.08. The Morgan fingerprint density at radius 3 is 2.83 bits per heavy atom. The topological polar surface area (TPSA) is 14.2 Å². The molecule has 1 aromatic heterocycles. The van der Waals surface area contributed by atoms with E-state index in [0.29, 0.717) is 5.92 Å². The SMILES string of the molecule is CC(C)CCOCCn1ccc2c(Br)cccc21. The molecule has 0 aliphatic heterocycles. The third kappa shape index (κ3) is 3.36. The summed E-state index contributed by atoms with van der Waals surface area (Å²) >= 11 is 3.57. The third-order valence-corrected chi connectivity index (χ3v) is 3.77. The number of fused-ring (bicyclic) bond motifs is 1. The van der Waals surface area contributed by atoms with Crippen LogP contribution in [-0.2, 0) is 11.3 Å². The average Bonchev–Trinajstić information content (AvgIpc) is 2.73. The summed E-state index contributed by atoms with van der Waals surface area (Å²) in [6.45, 7) is 7.00. The number of ether oxygens (including phenoxy) is 1. The highest BCUT2D eigenvalue weighted by Crippen LogP contribution is 2.24. The molecule has 0 saturated carbocycles. The summed E-state index contributed by atoms with van der Waals surface area (Å²) in [4.78, 5) is 0. The number of hydrogen-bond acceptors (Lipinski definition) is 1. The standard InChI is InChI=1S/C15H20BrNO/c1-12(2)7-10-18-11-9-17-8-6-13-14(16)4-3-5-15(13)17/h3-6,8,12H,7,9-11H2,1-2H3. The molecule has 2 aromatic rings. The molecule has 2 rings (SSSR count). The van der Waals surface area contributed by atoms with E-state index in [1.165, 1.54) is 10.9 Å². The maximum atomic E-state index is 5.66. The van der Waals surface area contributed by atoms with Crippen LogP contribution < -0.4 is 0 Å². The van der Waals surface area contributed by atoms with Crippen LogP contribution in [0.4, 0.5) is 0 Å². The predicted octanol–water partition coefficient (Wildman–Crippen LogP) is 4.47. The van der Waals surface area contributed by atoms with Gasteiger partial charge in [-0.25, -0.2) is 0 Å². The van der Waals surface area contributed by atoms with Crippen LogP contribution in [0.2, 0.25) is 0 Å². The Morgan fingerprint density at radius 2 is 2.06 bits per heavy atom. The normalized spacial score (nSPS) is 11.6. The molecule has 1 aromatic carbocycles. The summed E-state index contributed by atoms with van der Waals surface area (Å²) in [6, 6.07) is 8.44. The first kappa shape index (κ1) is 13.6. The zero-order valence-corrected chi connectivity index (χ0v) is 12.6. The lowest BCUT2D eigenvalue weighted by Crippen LogP contribution is -2.07. The van der Waals surface area contributed by atoms with Gasteiger partial charge in [0.05, 0.1) is 6.61 Å². The van der Waals surface area contributed by atoms with Crippen LogP contribution in [0, 0.1) is 5.92 Å². The molecule has 0 saturated heterocycles. The van der Waals surface area contributed by atoms with Gasteiger partial charge >= 0.3 is 0 Å². The molecule has 0 N–H and O–H groups in total. The largest absolute Gasteiger partial charge is 0.380 e. The summed E-state index contributed by atoms with van der Waals surface area (Å²) in [7, 11) is 0. The van der Waals surface area contributed by atoms with Gasteiger partial charge in [0.15, 0.2) is 0 Å². The van der Waals surface area contributed by atoms with Crippen molar-refractivity contribution in [3.63, 3.8) is 0 Å². The number of aromatic nitrogens is 1. The zero-order chi connectivity index (χ0) is 13.0.